The molecule has 1 fully saturated rings. The van der Waals surface area contributed by atoms with Crippen molar-refractivity contribution in [3.05, 3.63) is 0 Å². The Morgan fingerprint density at radius 2 is 2.36 bits per heavy atom. The zero-order chi connectivity index (χ0) is 10.6. The molecule has 0 aliphatic carbocycles. The van der Waals surface area contributed by atoms with Gasteiger partial charge in [-0.05, 0) is 20.3 Å². The first-order valence-corrected chi connectivity index (χ1v) is 5.32. The predicted molar refractivity (Wildman–Crippen MR) is 58.4 cm³/mol. The first-order chi connectivity index (χ1) is 6.65. The van der Waals surface area contributed by atoms with E-state index in [4.69, 9.17) is 10.5 Å². The van der Waals surface area contributed by atoms with Gasteiger partial charge in [-0.15, -0.1) is 0 Å². The minimum atomic E-state index is 0.260. The van der Waals surface area contributed by atoms with E-state index in [9.17, 15) is 0 Å². The Labute approximate surface area is 86.1 Å². The first kappa shape index (κ1) is 11.3. The van der Waals surface area contributed by atoms with Crippen LogP contribution in [0.15, 0.2) is 4.99 Å². The van der Waals surface area contributed by atoms with E-state index < -0.39 is 0 Å². The van der Waals surface area contributed by atoms with E-state index in [1.165, 1.54) is 0 Å². The molecule has 4 heteroatoms. The summed E-state index contributed by atoms with van der Waals surface area (Å²) in [5.41, 5.74) is 5.94. The summed E-state index contributed by atoms with van der Waals surface area (Å²) >= 11 is 0. The smallest absolute Gasteiger partial charge is 0.191 e. The Morgan fingerprint density at radius 1 is 1.64 bits per heavy atom. The Morgan fingerprint density at radius 3 is 2.93 bits per heavy atom. The summed E-state index contributed by atoms with van der Waals surface area (Å²) in [6.45, 7) is 8.60. The molecule has 1 aliphatic heterocycles. The van der Waals surface area contributed by atoms with Crippen LogP contribution in [0.3, 0.4) is 0 Å². The average molecular weight is 199 g/mol. The third-order valence-electron chi connectivity index (χ3n) is 2.38. The normalized spacial score (nSPS) is 24.4. The summed E-state index contributed by atoms with van der Waals surface area (Å²) < 4.78 is 5.41. The van der Waals surface area contributed by atoms with Crippen molar-refractivity contribution in [2.24, 2.45) is 10.7 Å². The van der Waals surface area contributed by atoms with Crippen LogP contribution >= 0.6 is 0 Å². The standard InChI is InChI=1S/C10H21N3O/c1-4-9-7-14-6-5-13(9)10(11)12-8(2)3/h8-9H,4-7H2,1-3H3,(H2,11,12). The van der Waals surface area contributed by atoms with Crippen molar-refractivity contribution < 1.29 is 4.74 Å². The Balaban J connectivity index is 2.63. The molecule has 1 heterocycles. The summed E-state index contributed by atoms with van der Waals surface area (Å²) in [4.78, 5) is 6.52. The van der Waals surface area contributed by atoms with Gasteiger partial charge in [0.2, 0.25) is 0 Å². The van der Waals surface area contributed by atoms with Gasteiger partial charge in [-0.1, -0.05) is 6.92 Å². The molecule has 2 N–H and O–H groups in total. The van der Waals surface area contributed by atoms with E-state index in [-0.39, 0.29) is 6.04 Å². The fourth-order valence-electron chi connectivity index (χ4n) is 1.63. The fraction of sp³-hybridized carbons (Fsp3) is 0.900. The van der Waals surface area contributed by atoms with Gasteiger partial charge in [0.1, 0.15) is 0 Å². The quantitative estimate of drug-likeness (QED) is 0.529. The topological polar surface area (TPSA) is 50.9 Å². The maximum atomic E-state index is 5.94. The summed E-state index contributed by atoms with van der Waals surface area (Å²) in [6, 6.07) is 0.654. The van der Waals surface area contributed by atoms with E-state index in [2.05, 4.69) is 16.8 Å². The molecule has 0 aromatic carbocycles. The highest BCUT2D eigenvalue weighted by molar-refractivity contribution is 5.78. The van der Waals surface area contributed by atoms with E-state index in [1.54, 1.807) is 0 Å². The third-order valence-corrected chi connectivity index (χ3v) is 2.38. The molecule has 1 saturated heterocycles. The van der Waals surface area contributed by atoms with Crippen LogP contribution < -0.4 is 5.73 Å². The fourth-order valence-corrected chi connectivity index (χ4v) is 1.63. The third kappa shape index (κ3) is 2.87. The van der Waals surface area contributed by atoms with Gasteiger partial charge in [0, 0.05) is 12.6 Å². The molecule has 82 valence electrons. The van der Waals surface area contributed by atoms with Crippen LogP contribution in [0.4, 0.5) is 0 Å². The number of ether oxygens (including phenoxy) is 1. The lowest BCUT2D eigenvalue weighted by Gasteiger charge is -2.36. The number of nitrogens with two attached hydrogens (primary N) is 1. The van der Waals surface area contributed by atoms with Crippen molar-refractivity contribution in [2.45, 2.75) is 39.3 Å². The molecule has 1 unspecified atom stereocenters. The largest absolute Gasteiger partial charge is 0.377 e. The van der Waals surface area contributed by atoms with Gasteiger partial charge in [0.15, 0.2) is 5.96 Å². The predicted octanol–water partition coefficient (Wildman–Crippen LogP) is 0.820. The number of nitrogens with zero attached hydrogens (tertiary/aromatic N) is 2. The molecule has 14 heavy (non-hydrogen) atoms. The Bertz CT molecular complexity index is 204. The van der Waals surface area contributed by atoms with E-state index in [0.29, 0.717) is 12.0 Å². The SMILES string of the molecule is CCC1COCCN1C(N)=NC(C)C. The Kier molecular flexibility index (Phi) is 4.20. The molecule has 0 bridgehead atoms. The van der Waals surface area contributed by atoms with Gasteiger partial charge in [0.05, 0.1) is 19.3 Å². The van der Waals surface area contributed by atoms with Crippen LogP contribution in [0.25, 0.3) is 0 Å². The second kappa shape index (κ2) is 5.20. The molecule has 0 saturated carbocycles. The molecular weight excluding hydrogens is 178 g/mol. The summed E-state index contributed by atoms with van der Waals surface area (Å²) in [5.74, 6) is 0.662. The number of hydrogen-bond donors (Lipinski definition) is 1. The zero-order valence-electron chi connectivity index (χ0n) is 9.36. The lowest BCUT2D eigenvalue weighted by atomic mass is 10.2. The molecule has 1 aliphatic rings. The average Bonchev–Trinajstić information content (AvgIpc) is 2.16. The van der Waals surface area contributed by atoms with E-state index in [1.807, 2.05) is 13.8 Å². The molecule has 0 radical (unpaired) electrons. The van der Waals surface area contributed by atoms with Crippen molar-refractivity contribution in [1.82, 2.24) is 4.90 Å². The number of guanidine groups is 1. The van der Waals surface area contributed by atoms with Gasteiger partial charge in [-0.2, -0.15) is 0 Å². The molecule has 0 amide bonds. The number of hydrogen-bond acceptors (Lipinski definition) is 2. The van der Waals surface area contributed by atoms with Crippen molar-refractivity contribution in [3.8, 4) is 0 Å². The van der Waals surface area contributed by atoms with Crippen LogP contribution in [0, 0.1) is 0 Å². The van der Waals surface area contributed by atoms with Crippen LogP contribution in [-0.2, 0) is 4.74 Å². The van der Waals surface area contributed by atoms with Crippen LogP contribution in [-0.4, -0.2) is 42.7 Å². The van der Waals surface area contributed by atoms with Crippen LogP contribution in [0.1, 0.15) is 27.2 Å². The van der Waals surface area contributed by atoms with Gasteiger partial charge < -0.3 is 15.4 Å². The van der Waals surface area contributed by atoms with Gasteiger partial charge in [-0.25, -0.2) is 0 Å². The molecule has 0 aromatic rings. The minimum Gasteiger partial charge on any atom is -0.377 e. The second-order valence-electron chi connectivity index (χ2n) is 3.91. The van der Waals surface area contributed by atoms with Crippen LogP contribution in [0.5, 0.6) is 0 Å². The lowest BCUT2D eigenvalue weighted by molar-refractivity contribution is 0.0244. The summed E-state index contributed by atoms with van der Waals surface area (Å²) in [6.07, 6.45) is 1.05. The lowest BCUT2D eigenvalue weighted by Crippen LogP contribution is -2.51. The highest BCUT2D eigenvalue weighted by Crippen LogP contribution is 2.09. The molecule has 4 nitrogen and oxygen atoms in total. The number of morpholine rings is 1. The van der Waals surface area contributed by atoms with Gasteiger partial charge in [0.25, 0.3) is 0 Å². The van der Waals surface area contributed by atoms with E-state index >= 15 is 0 Å². The molecule has 0 aromatic heterocycles. The van der Waals surface area contributed by atoms with Crippen LogP contribution in [0.2, 0.25) is 0 Å². The summed E-state index contributed by atoms with van der Waals surface area (Å²) in [7, 11) is 0. The Hall–Kier alpha value is -0.770. The van der Waals surface area contributed by atoms with Gasteiger partial charge in [-0.3, -0.25) is 4.99 Å². The maximum absolute atomic E-state index is 5.94. The minimum absolute atomic E-state index is 0.260. The molecule has 1 rings (SSSR count). The van der Waals surface area contributed by atoms with Crippen molar-refractivity contribution in [1.29, 1.82) is 0 Å². The second-order valence-corrected chi connectivity index (χ2v) is 3.91. The maximum Gasteiger partial charge on any atom is 0.191 e. The summed E-state index contributed by atoms with van der Waals surface area (Å²) in [5, 5.41) is 0. The molecular formula is C10H21N3O. The molecule has 1 atom stereocenters. The zero-order valence-corrected chi connectivity index (χ0v) is 9.36. The van der Waals surface area contributed by atoms with Gasteiger partial charge >= 0.3 is 0 Å². The van der Waals surface area contributed by atoms with Crippen molar-refractivity contribution in [3.63, 3.8) is 0 Å². The highest BCUT2D eigenvalue weighted by Gasteiger charge is 2.22. The van der Waals surface area contributed by atoms with Crippen molar-refractivity contribution in [2.75, 3.05) is 19.8 Å². The van der Waals surface area contributed by atoms with E-state index in [0.717, 1.165) is 26.2 Å². The highest BCUT2D eigenvalue weighted by atomic mass is 16.5. The number of rotatable bonds is 2. The first-order valence-electron chi connectivity index (χ1n) is 5.32. The molecule has 0 spiro atoms. The number of aliphatic imine (C=N–C) groups is 1. The van der Waals surface area contributed by atoms with Crippen molar-refractivity contribution >= 4 is 5.96 Å². The monoisotopic (exact) mass is 199 g/mol.